The molecule has 0 saturated carbocycles. The predicted molar refractivity (Wildman–Crippen MR) is 111 cm³/mol. The molecule has 3 heterocycles. The summed E-state index contributed by atoms with van der Waals surface area (Å²) >= 11 is 0. The van der Waals surface area contributed by atoms with Gasteiger partial charge in [-0.15, -0.1) is 0 Å². The van der Waals surface area contributed by atoms with Crippen LogP contribution >= 0.6 is 0 Å². The van der Waals surface area contributed by atoms with Gasteiger partial charge in [0.05, 0.1) is 17.8 Å². The molecule has 5 rings (SSSR count). The van der Waals surface area contributed by atoms with Gasteiger partial charge in [0.2, 0.25) is 13.6 Å². The smallest absolute Gasteiger partial charge is 0.258 e. The summed E-state index contributed by atoms with van der Waals surface area (Å²) in [6.45, 7) is 4.92. The van der Waals surface area contributed by atoms with Crippen LogP contribution in [-0.4, -0.2) is 34.2 Å². The van der Waals surface area contributed by atoms with Crippen molar-refractivity contribution in [3.8, 4) is 23.0 Å². The summed E-state index contributed by atoms with van der Waals surface area (Å²) in [5.41, 5.74) is 3.99. The lowest BCUT2D eigenvalue weighted by atomic mass is 10.1. The number of benzene rings is 2. The molecule has 8 heteroatoms. The minimum atomic E-state index is -0.0858. The minimum absolute atomic E-state index is 0.0858. The molecule has 0 saturated heterocycles. The van der Waals surface area contributed by atoms with Gasteiger partial charge < -0.3 is 23.8 Å². The Morgan fingerprint density at radius 1 is 1.00 bits per heavy atom. The summed E-state index contributed by atoms with van der Waals surface area (Å²) in [7, 11) is 1.84. The van der Waals surface area contributed by atoms with Gasteiger partial charge in [0.25, 0.3) is 5.91 Å². The van der Waals surface area contributed by atoms with Crippen LogP contribution in [0.1, 0.15) is 32.9 Å². The second-order valence-electron chi connectivity index (χ2n) is 7.67. The number of para-hydroxylation sites is 1. The second kappa shape index (κ2) is 7.54. The molecule has 0 radical (unpaired) electrons. The number of carbonyl (C=O) groups excluding carboxylic acids is 1. The first-order valence-corrected chi connectivity index (χ1v) is 10.1. The number of amides is 1. The lowest BCUT2D eigenvalue weighted by Crippen LogP contribution is -2.31. The highest BCUT2D eigenvalue weighted by atomic mass is 16.7. The molecule has 0 atom stereocenters. The zero-order valence-electron chi connectivity index (χ0n) is 17.7. The van der Waals surface area contributed by atoms with Crippen LogP contribution in [0.2, 0.25) is 0 Å². The lowest BCUT2D eigenvalue weighted by Gasteiger charge is -2.24. The van der Waals surface area contributed by atoms with Gasteiger partial charge in [-0.05, 0) is 37.6 Å². The zero-order valence-corrected chi connectivity index (χ0v) is 17.7. The van der Waals surface area contributed by atoms with Crippen LogP contribution in [0.3, 0.4) is 0 Å². The number of fused-ring (bicyclic) bond motifs is 2. The van der Waals surface area contributed by atoms with E-state index in [4.69, 9.17) is 18.9 Å². The summed E-state index contributed by atoms with van der Waals surface area (Å²) in [5, 5.41) is 4.42. The van der Waals surface area contributed by atoms with E-state index in [2.05, 4.69) is 5.10 Å². The molecule has 160 valence electrons. The molecule has 2 aromatic carbocycles. The van der Waals surface area contributed by atoms with E-state index in [1.165, 1.54) is 0 Å². The van der Waals surface area contributed by atoms with E-state index >= 15 is 0 Å². The van der Waals surface area contributed by atoms with Gasteiger partial charge in [-0.2, -0.15) is 5.10 Å². The molecule has 31 heavy (non-hydrogen) atoms. The van der Waals surface area contributed by atoms with Crippen molar-refractivity contribution in [2.75, 3.05) is 13.6 Å². The average Bonchev–Trinajstić information content (AvgIpc) is 3.47. The number of hydrogen-bond donors (Lipinski definition) is 0. The van der Waals surface area contributed by atoms with E-state index in [9.17, 15) is 4.79 Å². The number of nitrogens with zero attached hydrogens (tertiary/aromatic N) is 3. The molecule has 1 amide bonds. The summed E-state index contributed by atoms with van der Waals surface area (Å²) in [6, 6.07) is 11.5. The molecular weight excluding hydrogens is 398 g/mol. The van der Waals surface area contributed by atoms with Crippen molar-refractivity contribution in [2.24, 2.45) is 7.05 Å². The Hall–Kier alpha value is -3.68. The Kier molecular flexibility index (Phi) is 4.69. The predicted octanol–water partition coefficient (Wildman–Crippen LogP) is 3.34. The Morgan fingerprint density at radius 2 is 1.77 bits per heavy atom. The van der Waals surface area contributed by atoms with Crippen LogP contribution in [-0.2, 0) is 20.1 Å². The third-order valence-electron chi connectivity index (χ3n) is 5.66. The minimum Gasteiger partial charge on any atom is -0.454 e. The topological polar surface area (TPSA) is 75.1 Å². The SMILES string of the molecule is Cc1nn(C)c(C)c1C(=O)N(Cc1ccc2c(c1)OCO2)Cc1cccc2c1OCO2. The van der Waals surface area contributed by atoms with Crippen LogP contribution in [0.4, 0.5) is 0 Å². The highest BCUT2D eigenvalue weighted by molar-refractivity contribution is 5.96. The van der Waals surface area contributed by atoms with E-state index in [1.807, 2.05) is 57.3 Å². The number of rotatable bonds is 5. The molecule has 0 N–H and O–H groups in total. The van der Waals surface area contributed by atoms with Gasteiger partial charge in [-0.25, -0.2) is 0 Å². The first kappa shape index (κ1) is 19.3. The molecule has 0 aliphatic carbocycles. The van der Waals surface area contributed by atoms with Gasteiger partial charge >= 0.3 is 0 Å². The quantitative estimate of drug-likeness (QED) is 0.629. The van der Waals surface area contributed by atoms with Gasteiger partial charge in [0.15, 0.2) is 23.0 Å². The van der Waals surface area contributed by atoms with Gasteiger partial charge in [0, 0.05) is 24.8 Å². The fraction of sp³-hybridized carbons (Fsp3) is 0.304. The van der Waals surface area contributed by atoms with Crippen LogP contribution in [0.25, 0.3) is 0 Å². The molecule has 1 aromatic heterocycles. The molecule has 2 aliphatic heterocycles. The van der Waals surface area contributed by atoms with Gasteiger partial charge in [0.1, 0.15) is 0 Å². The Balaban J connectivity index is 1.50. The lowest BCUT2D eigenvalue weighted by molar-refractivity contribution is 0.0726. The Morgan fingerprint density at radius 3 is 2.58 bits per heavy atom. The first-order chi connectivity index (χ1) is 15.0. The van der Waals surface area contributed by atoms with Crippen molar-refractivity contribution < 1.29 is 23.7 Å². The monoisotopic (exact) mass is 421 g/mol. The molecular formula is C23H23N3O5. The van der Waals surface area contributed by atoms with Gasteiger partial charge in [-0.1, -0.05) is 18.2 Å². The summed E-state index contributed by atoms with van der Waals surface area (Å²) in [4.78, 5) is 15.5. The van der Waals surface area contributed by atoms with Crippen LogP contribution < -0.4 is 18.9 Å². The van der Waals surface area contributed by atoms with Crippen LogP contribution in [0, 0.1) is 13.8 Å². The summed E-state index contributed by atoms with van der Waals surface area (Å²) < 4.78 is 23.8. The van der Waals surface area contributed by atoms with E-state index in [1.54, 1.807) is 9.58 Å². The Bertz CT molecular complexity index is 1170. The maximum absolute atomic E-state index is 13.7. The average molecular weight is 421 g/mol. The van der Waals surface area contributed by atoms with Crippen molar-refractivity contribution in [3.63, 3.8) is 0 Å². The fourth-order valence-corrected chi connectivity index (χ4v) is 4.02. The third kappa shape index (κ3) is 3.43. The highest BCUT2D eigenvalue weighted by Gasteiger charge is 2.27. The zero-order chi connectivity index (χ0) is 21.5. The van der Waals surface area contributed by atoms with Crippen LogP contribution in [0.15, 0.2) is 36.4 Å². The van der Waals surface area contributed by atoms with E-state index in [0.717, 1.165) is 16.8 Å². The molecule has 0 spiro atoms. The maximum atomic E-state index is 13.7. The largest absolute Gasteiger partial charge is 0.454 e. The molecule has 2 aliphatic rings. The van der Waals surface area contributed by atoms with E-state index in [-0.39, 0.29) is 19.5 Å². The van der Waals surface area contributed by atoms with E-state index < -0.39 is 0 Å². The van der Waals surface area contributed by atoms with Crippen molar-refractivity contribution in [3.05, 3.63) is 64.5 Å². The number of ether oxygens (including phenoxy) is 4. The van der Waals surface area contributed by atoms with Gasteiger partial charge in [-0.3, -0.25) is 9.48 Å². The van der Waals surface area contributed by atoms with E-state index in [0.29, 0.717) is 47.3 Å². The molecule has 3 aromatic rings. The number of carbonyl (C=O) groups is 1. The fourth-order valence-electron chi connectivity index (χ4n) is 4.02. The van der Waals surface area contributed by atoms with Crippen molar-refractivity contribution in [1.29, 1.82) is 0 Å². The first-order valence-electron chi connectivity index (χ1n) is 10.1. The van der Waals surface area contributed by atoms with Crippen molar-refractivity contribution >= 4 is 5.91 Å². The summed E-state index contributed by atoms with van der Waals surface area (Å²) in [6.07, 6.45) is 0. The second-order valence-corrected chi connectivity index (χ2v) is 7.67. The normalized spacial score (nSPS) is 13.5. The third-order valence-corrected chi connectivity index (χ3v) is 5.66. The van der Waals surface area contributed by atoms with Crippen molar-refractivity contribution in [2.45, 2.75) is 26.9 Å². The number of aromatic nitrogens is 2. The molecule has 0 fully saturated rings. The standard InChI is InChI=1S/C23H23N3O5/c1-14-21(15(2)25(3)24-14)23(27)26(10-16-7-8-18-20(9-16)30-12-28-18)11-17-5-4-6-19-22(17)31-13-29-19/h4-9H,10-13H2,1-3H3. The van der Waals surface area contributed by atoms with Crippen LogP contribution in [0.5, 0.6) is 23.0 Å². The number of aryl methyl sites for hydroxylation is 2. The molecule has 8 nitrogen and oxygen atoms in total. The maximum Gasteiger partial charge on any atom is 0.258 e. The summed E-state index contributed by atoms with van der Waals surface area (Å²) in [5.74, 6) is 2.70. The molecule has 0 unspecified atom stereocenters. The Labute approximate surface area is 179 Å². The molecule has 0 bridgehead atoms. The number of hydrogen-bond acceptors (Lipinski definition) is 6. The van der Waals surface area contributed by atoms with Crippen molar-refractivity contribution in [1.82, 2.24) is 14.7 Å². The highest BCUT2D eigenvalue weighted by Crippen LogP contribution is 2.37.